The molecular weight excluding hydrogens is 164 g/mol. The van der Waals surface area contributed by atoms with Gasteiger partial charge < -0.3 is 0 Å². The van der Waals surface area contributed by atoms with Crippen molar-refractivity contribution in [3.8, 4) is 0 Å². The highest BCUT2D eigenvalue weighted by atomic mass is 16.2. The van der Waals surface area contributed by atoms with Gasteiger partial charge in [0.2, 0.25) is 5.91 Å². The quantitative estimate of drug-likeness (QED) is 0.715. The van der Waals surface area contributed by atoms with Gasteiger partial charge in [0.1, 0.15) is 0 Å². The molecule has 0 bridgehead atoms. The predicted octanol–water partition coefficient (Wildman–Crippen LogP) is 2.33. The minimum Gasteiger partial charge on any atom is -0.273 e. The van der Waals surface area contributed by atoms with Crippen LogP contribution in [0.1, 0.15) is 42.4 Å². The molecule has 1 aromatic rings. The fraction of sp³-hybridized carbons (Fsp3) is 0.600. The molecule has 3 nitrogen and oxygen atoms in total. The minimum absolute atomic E-state index is 0.104. The zero-order valence-corrected chi connectivity index (χ0v) is 8.50. The number of carbonyl (C=O) groups is 1. The first-order chi connectivity index (χ1) is 6.15. The van der Waals surface area contributed by atoms with E-state index in [0.717, 1.165) is 24.2 Å². The molecule has 0 aliphatic heterocycles. The first-order valence-electron chi connectivity index (χ1n) is 4.71. The Hall–Kier alpha value is -1.12. The van der Waals surface area contributed by atoms with E-state index >= 15 is 0 Å². The summed E-state index contributed by atoms with van der Waals surface area (Å²) in [6, 6.07) is 1.92. The van der Waals surface area contributed by atoms with E-state index in [1.807, 2.05) is 19.9 Å². The highest BCUT2D eigenvalue weighted by molar-refractivity contribution is 5.78. The molecule has 72 valence electrons. The monoisotopic (exact) mass is 180 g/mol. The zero-order chi connectivity index (χ0) is 9.84. The van der Waals surface area contributed by atoms with E-state index in [4.69, 9.17) is 0 Å². The molecule has 1 heterocycles. The van der Waals surface area contributed by atoms with Crippen LogP contribution in [0.15, 0.2) is 6.07 Å². The Balaban J connectivity index is 2.70. The largest absolute Gasteiger partial charge is 0.273 e. The second kappa shape index (κ2) is 4.21. The topological polar surface area (TPSA) is 34.9 Å². The molecule has 0 aliphatic carbocycles. The lowest BCUT2D eigenvalue weighted by atomic mass is 10.2. The molecule has 0 saturated carbocycles. The van der Waals surface area contributed by atoms with E-state index < -0.39 is 0 Å². The van der Waals surface area contributed by atoms with Crippen LogP contribution in [0, 0.1) is 13.8 Å². The summed E-state index contributed by atoms with van der Waals surface area (Å²) in [5.41, 5.74) is 1.83. The third kappa shape index (κ3) is 2.41. The Morgan fingerprint density at radius 2 is 2.23 bits per heavy atom. The zero-order valence-electron chi connectivity index (χ0n) is 8.50. The molecule has 0 unspecified atom stereocenters. The van der Waals surface area contributed by atoms with E-state index in [9.17, 15) is 4.79 Å². The molecule has 13 heavy (non-hydrogen) atoms. The fourth-order valence-electron chi connectivity index (χ4n) is 1.32. The molecule has 0 spiro atoms. The number of aryl methyl sites for hydroxylation is 2. The summed E-state index contributed by atoms with van der Waals surface area (Å²) in [4.78, 5) is 11.5. The van der Waals surface area contributed by atoms with Crippen molar-refractivity contribution in [2.75, 3.05) is 0 Å². The molecule has 3 heteroatoms. The molecule has 0 radical (unpaired) electrons. The number of hydrogen-bond donors (Lipinski definition) is 0. The van der Waals surface area contributed by atoms with Crippen molar-refractivity contribution in [3.05, 3.63) is 17.5 Å². The van der Waals surface area contributed by atoms with E-state index in [0.29, 0.717) is 6.42 Å². The number of nitrogens with zero attached hydrogens (tertiary/aromatic N) is 2. The molecule has 0 aromatic carbocycles. The Bertz CT molecular complexity index is 302. The lowest BCUT2D eigenvalue weighted by Gasteiger charge is -2.00. The molecule has 0 saturated heterocycles. The Morgan fingerprint density at radius 1 is 1.54 bits per heavy atom. The summed E-state index contributed by atoms with van der Waals surface area (Å²) in [6.07, 6.45) is 2.58. The highest BCUT2D eigenvalue weighted by Gasteiger charge is 2.08. The van der Waals surface area contributed by atoms with Gasteiger partial charge in [0.05, 0.1) is 5.69 Å². The lowest BCUT2D eigenvalue weighted by Crippen LogP contribution is -2.13. The number of carbonyl (C=O) groups excluding carboxylic acids is 1. The average Bonchev–Trinajstić information content (AvgIpc) is 2.41. The van der Waals surface area contributed by atoms with E-state index in [2.05, 4.69) is 12.0 Å². The van der Waals surface area contributed by atoms with Crippen molar-refractivity contribution in [2.24, 2.45) is 0 Å². The summed E-state index contributed by atoms with van der Waals surface area (Å²) in [6.45, 7) is 5.88. The van der Waals surface area contributed by atoms with Crippen LogP contribution >= 0.6 is 0 Å². The molecule has 0 amide bonds. The van der Waals surface area contributed by atoms with Crippen LogP contribution in [0.5, 0.6) is 0 Å². The molecular formula is C10H16N2O. The van der Waals surface area contributed by atoms with Gasteiger partial charge in [0.15, 0.2) is 0 Å². The van der Waals surface area contributed by atoms with Crippen molar-refractivity contribution < 1.29 is 4.79 Å². The van der Waals surface area contributed by atoms with Gasteiger partial charge >= 0.3 is 0 Å². The van der Waals surface area contributed by atoms with Gasteiger partial charge in [-0.3, -0.25) is 4.79 Å². The maximum absolute atomic E-state index is 11.5. The first-order valence-corrected chi connectivity index (χ1v) is 4.71. The van der Waals surface area contributed by atoms with E-state index in [1.54, 1.807) is 0 Å². The second-order valence-electron chi connectivity index (χ2n) is 3.34. The smallest absolute Gasteiger partial charge is 0.247 e. The Kier molecular flexibility index (Phi) is 3.23. The Morgan fingerprint density at radius 3 is 2.69 bits per heavy atom. The molecule has 0 atom stereocenters. The number of aromatic nitrogens is 2. The lowest BCUT2D eigenvalue weighted by molar-refractivity contribution is 0.0881. The second-order valence-corrected chi connectivity index (χ2v) is 3.34. The van der Waals surface area contributed by atoms with Crippen LogP contribution in [0.25, 0.3) is 0 Å². The van der Waals surface area contributed by atoms with Gasteiger partial charge in [-0.05, 0) is 26.3 Å². The van der Waals surface area contributed by atoms with Gasteiger partial charge in [-0.1, -0.05) is 13.3 Å². The first kappa shape index (κ1) is 9.96. The van der Waals surface area contributed by atoms with Crippen LogP contribution in [-0.2, 0) is 0 Å². The van der Waals surface area contributed by atoms with Gasteiger partial charge in [0, 0.05) is 12.1 Å². The van der Waals surface area contributed by atoms with Gasteiger partial charge in [-0.25, -0.2) is 4.68 Å². The fourth-order valence-corrected chi connectivity index (χ4v) is 1.32. The van der Waals surface area contributed by atoms with Crippen LogP contribution in [0.4, 0.5) is 0 Å². The minimum atomic E-state index is 0.104. The van der Waals surface area contributed by atoms with Crippen molar-refractivity contribution in [1.29, 1.82) is 0 Å². The summed E-state index contributed by atoms with van der Waals surface area (Å²) in [7, 11) is 0. The Labute approximate surface area is 78.8 Å². The summed E-state index contributed by atoms with van der Waals surface area (Å²) < 4.78 is 1.50. The molecule has 0 fully saturated rings. The maximum atomic E-state index is 11.5. The van der Waals surface area contributed by atoms with Crippen molar-refractivity contribution in [2.45, 2.75) is 40.0 Å². The van der Waals surface area contributed by atoms with Crippen LogP contribution in [-0.4, -0.2) is 15.7 Å². The third-order valence-corrected chi connectivity index (χ3v) is 1.99. The van der Waals surface area contributed by atoms with Gasteiger partial charge in [-0.2, -0.15) is 5.10 Å². The molecule has 1 aromatic heterocycles. The molecule has 0 N–H and O–H groups in total. The van der Waals surface area contributed by atoms with Crippen LogP contribution in [0.2, 0.25) is 0 Å². The molecule has 0 aliphatic rings. The predicted molar refractivity (Wildman–Crippen MR) is 51.9 cm³/mol. The van der Waals surface area contributed by atoms with Gasteiger partial charge in [-0.15, -0.1) is 0 Å². The molecule has 1 rings (SSSR count). The van der Waals surface area contributed by atoms with Crippen molar-refractivity contribution >= 4 is 5.91 Å². The standard InChI is InChI=1S/C10H16N2O/c1-4-5-6-10(13)12-9(3)7-8(2)11-12/h7H,4-6H2,1-3H3. The normalized spacial score (nSPS) is 10.4. The summed E-state index contributed by atoms with van der Waals surface area (Å²) >= 11 is 0. The summed E-state index contributed by atoms with van der Waals surface area (Å²) in [5, 5.41) is 4.13. The third-order valence-electron chi connectivity index (χ3n) is 1.99. The van der Waals surface area contributed by atoms with Crippen LogP contribution < -0.4 is 0 Å². The SMILES string of the molecule is CCCCC(=O)n1nc(C)cc1C. The maximum Gasteiger partial charge on any atom is 0.247 e. The van der Waals surface area contributed by atoms with Crippen LogP contribution in [0.3, 0.4) is 0 Å². The summed E-state index contributed by atoms with van der Waals surface area (Å²) in [5.74, 6) is 0.104. The average molecular weight is 180 g/mol. The van der Waals surface area contributed by atoms with E-state index in [-0.39, 0.29) is 5.91 Å². The number of unbranched alkanes of at least 4 members (excludes halogenated alkanes) is 1. The van der Waals surface area contributed by atoms with Crippen molar-refractivity contribution in [3.63, 3.8) is 0 Å². The number of hydrogen-bond acceptors (Lipinski definition) is 2. The van der Waals surface area contributed by atoms with Crippen molar-refractivity contribution in [1.82, 2.24) is 9.78 Å². The number of rotatable bonds is 3. The van der Waals surface area contributed by atoms with Gasteiger partial charge in [0.25, 0.3) is 0 Å². The van der Waals surface area contributed by atoms with E-state index in [1.165, 1.54) is 4.68 Å². The highest BCUT2D eigenvalue weighted by Crippen LogP contribution is 2.04.